The van der Waals surface area contributed by atoms with Crippen molar-refractivity contribution in [3.05, 3.63) is 53.6 Å². The highest BCUT2D eigenvalue weighted by molar-refractivity contribution is 5.81. The molecule has 0 heterocycles. The van der Waals surface area contributed by atoms with E-state index in [1.54, 1.807) is 7.11 Å². The molecule has 5 nitrogen and oxygen atoms in total. The summed E-state index contributed by atoms with van der Waals surface area (Å²) >= 11 is 0. The molecule has 0 aliphatic heterocycles. The van der Waals surface area contributed by atoms with Crippen molar-refractivity contribution in [2.75, 3.05) is 43.5 Å². The summed E-state index contributed by atoms with van der Waals surface area (Å²) in [7, 11) is 1.65. The highest BCUT2D eigenvalue weighted by atomic mass is 16.5. The Bertz CT molecular complexity index is 725. The molecule has 0 fully saturated rings. The number of nitrogens with zero attached hydrogens (tertiary/aromatic N) is 1. The predicted molar refractivity (Wildman–Crippen MR) is 113 cm³/mol. The van der Waals surface area contributed by atoms with E-state index in [9.17, 15) is 4.79 Å². The summed E-state index contributed by atoms with van der Waals surface area (Å²) in [6.45, 7) is 9.24. The smallest absolute Gasteiger partial charge is 0.239 e. The SMILES string of the molecule is CCN(CC)c1ccc(NCC(=O)NCCc2ccc(OC)cc2)c(C)c1. The summed E-state index contributed by atoms with van der Waals surface area (Å²) in [6, 6.07) is 14.2. The minimum atomic E-state index is -0.00395. The number of carbonyl (C=O) groups excluding carboxylic acids is 1. The van der Waals surface area contributed by atoms with Crippen LogP contribution in [0.15, 0.2) is 42.5 Å². The number of anilines is 2. The maximum absolute atomic E-state index is 12.1. The fourth-order valence-corrected chi connectivity index (χ4v) is 3.01. The summed E-state index contributed by atoms with van der Waals surface area (Å²) in [5.74, 6) is 0.838. The molecule has 0 bridgehead atoms. The largest absolute Gasteiger partial charge is 0.497 e. The Morgan fingerprint density at radius 1 is 1.07 bits per heavy atom. The van der Waals surface area contributed by atoms with Crippen LogP contribution in [0, 0.1) is 6.92 Å². The lowest BCUT2D eigenvalue weighted by Gasteiger charge is -2.22. The van der Waals surface area contributed by atoms with Gasteiger partial charge >= 0.3 is 0 Å². The van der Waals surface area contributed by atoms with Gasteiger partial charge in [0.25, 0.3) is 0 Å². The molecule has 0 radical (unpaired) electrons. The van der Waals surface area contributed by atoms with Crippen LogP contribution in [0.4, 0.5) is 11.4 Å². The molecule has 0 atom stereocenters. The van der Waals surface area contributed by atoms with Gasteiger partial charge in [-0.2, -0.15) is 0 Å². The average Bonchev–Trinajstić information content (AvgIpc) is 2.69. The molecule has 1 amide bonds. The predicted octanol–water partition coefficient (Wildman–Crippen LogP) is 3.62. The van der Waals surface area contributed by atoms with Gasteiger partial charge in [0, 0.05) is 31.0 Å². The first-order chi connectivity index (χ1) is 13.1. The zero-order valence-electron chi connectivity index (χ0n) is 16.8. The Morgan fingerprint density at radius 3 is 2.37 bits per heavy atom. The fraction of sp³-hybridized carbons (Fsp3) is 0.409. The van der Waals surface area contributed by atoms with Crippen molar-refractivity contribution in [3.63, 3.8) is 0 Å². The van der Waals surface area contributed by atoms with Crippen LogP contribution in [0.25, 0.3) is 0 Å². The van der Waals surface area contributed by atoms with Crippen molar-refractivity contribution in [2.45, 2.75) is 27.2 Å². The molecule has 27 heavy (non-hydrogen) atoms. The van der Waals surface area contributed by atoms with E-state index in [0.29, 0.717) is 6.54 Å². The molecule has 2 aromatic rings. The molecule has 5 heteroatoms. The third-order valence-corrected chi connectivity index (χ3v) is 4.67. The van der Waals surface area contributed by atoms with Crippen LogP contribution in [-0.4, -0.2) is 39.2 Å². The van der Waals surface area contributed by atoms with Crippen molar-refractivity contribution in [3.8, 4) is 5.75 Å². The van der Waals surface area contributed by atoms with E-state index in [0.717, 1.165) is 36.5 Å². The number of rotatable bonds is 10. The summed E-state index contributed by atoms with van der Waals surface area (Å²) in [4.78, 5) is 14.4. The van der Waals surface area contributed by atoms with E-state index >= 15 is 0 Å². The van der Waals surface area contributed by atoms with Crippen LogP contribution in [0.5, 0.6) is 5.75 Å². The second-order valence-corrected chi connectivity index (χ2v) is 6.47. The zero-order valence-corrected chi connectivity index (χ0v) is 16.8. The second-order valence-electron chi connectivity index (χ2n) is 6.47. The van der Waals surface area contributed by atoms with Crippen LogP contribution < -0.4 is 20.3 Å². The van der Waals surface area contributed by atoms with Gasteiger partial charge in [-0.3, -0.25) is 4.79 Å². The van der Waals surface area contributed by atoms with Gasteiger partial charge < -0.3 is 20.3 Å². The summed E-state index contributed by atoms with van der Waals surface area (Å²) in [5, 5.41) is 6.19. The zero-order chi connectivity index (χ0) is 19.6. The molecule has 2 aromatic carbocycles. The third kappa shape index (κ3) is 6.20. The Balaban J connectivity index is 1.77. The van der Waals surface area contributed by atoms with Gasteiger partial charge in [0.15, 0.2) is 0 Å². The minimum Gasteiger partial charge on any atom is -0.497 e. The van der Waals surface area contributed by atoms with Gasteiger partial charge in [0.05, 0.1) is 13.7 Å². The molecule has 0 saturated heterocycles. The van der Waals surface area contributed by atoms with Gasteiger partial charge in [-0.25, -0.2) is 0 Å². The topological polar surface area (TPSA) is 53.6 Å². The van der Waals surface area contributed by atoms with Gasteiger partial charge in [-0.15, -0.1) is 0 Å². The molecular formula is C22H31N3O2. The van der Waals surface area contributed by atoms with E-state index in [1.165, 1.54) is 11.3 Å². The number of amides is 1. The molecule has 2 rings (SSSR count). The lowest BCUT2D eigenvalue weighted by atomic mass is 10.1. The standard InChI is InChI=1S/C22H31N3O2/c1-5-25(6-2)19-9-12-21(17(3)15-19)24-16-22(26)23-14-13-18-7-10-20(27-4)11-8-18/h7-12,15,24H,5-6,13-14,16H2,1-4H3,(H,23,26). The van der Waals surface area contributed by atoms with E-state index < -0.39 is 0 Å². The van der Waals surface area contributed by atoms with Crippen molar-refractivity contribution >= 4 is 17.3 Å². The van der Waals surface area contributed by atoms with E-state index in [1.807, 2.05) is 30.3 Å². The van der Waals surface area contributed by atoms with Crippen LogP contribution in [-0.2, 0) is 11.2 Å². The Hall–Kier alpha value is -2.69. The summed E-state index contributed by atoms with van der Waals surface area (Å²) < 4.78 is 5.15. The average molecular weight is 370 g/mol. The Kier molecular flexibility index (Phi) is 7.99. The number of carbonyl (C=O) groups is 1. The molecule has 0 aromatic heterocycles. The Labute approximate surface area is 162 Å². The van der Waals surface area contributed by atoms with Crippen LogP contribution in [0.2, 0.25) is 0 Å². The van der Waals surface area contributed by atoms with Gasteiger partial charge in [0.1, 0.15) is 5.75 Å². The lowest BCUT2D eigenvalue weighted by molar-refractivity contribution is -0.119. The number of ether oxygens (including phenoxy) is 1. The monoisotopic (exact) mass is 369 g/mol. The van der Waals surface area contributed by atoms with Gasteiger partial charge in [-0.1, -0.05) is 12.1 Å². The molecule has 0 aliphatic rings. The lowest BCUT2D eigenvalue weighted by Crippen LogP contribution is -2.31. The van der Waals surface area contributed by atoms with Crippen molar-refractivity contribution in [1.29, 1.82) is 0 Å². The second kappa shape index (κ2) is 10.5. The third-order valence-electron chi connectivity index (χ3n) is 4.67. The van der Waals surface area contributed by atoms with Crippen molar-refractivity contribution in [2.24, 2.45) is 0 Å². The molecule has 0 aliphatic carbocycles. The van der Waals surface area contributed by atoms with Gasteiger partial charge in [-0.05, 0) is 68.7 Å². The van der Waals surface area contributed by atoms with Crippen LogP contribution in [0.1, 0.15) is 25.0 Å². The van der Waals surface area contributed by atoms with E-state index in [4.69, 9.17) is 4.74 Å². The van der Waals surface area contributed by atoms with Crippen LogP contribution in [0.3, 0.4) is 0 Å². The normalized spacial score (nSPS) is 10.4. The quantitative estimate of drug-likeness (QED) is 0.672. The molecule has 0 unspecified atom stereocenters. The first-order valence-electron chi connectivity index (χ1n) is 9.56. The fourth-order valence-electron chi connectivity index (χ4n) is 3.01. The first kappa shape index (κ1) is 20.6. The Morgan fingerprint density at radius 2 is 1.78 bits per heavy atom. The van der Waals surface area contributed by atoms with Crippen molar-refractivity contribution < 1.29 is 9.53 Å². The molecule has 0 spiro atoms. The number of benzene rings is 2. The van der Waals surface area contributed by atoms with Gasteiger partial charge in [0.2, 0.25) is 5.91 Å². The molecule has 146 valence electrons. The molecule has 2 N–H and O–H groups in total. The number of hydrogen-bond donors (Lipinski definition) is 2. The number of nitrogens with one attached hydrogen (secondary N) is 2. The minimum absolute atomic E-state index is 0.00395. The summed E-state index contributed by atoms with van der Waals surface area (Å²) in [5.41, 5.74) is 4.53. The summed E-state index contributed by atoms with van der Waals surface area (Å²) in [6.07, 6.45) is 0.799. The van der Waals surface area contributed by atoms with Crippen LogP contribution >= 0.6 is 0 Å². The number of methoxy groups -OCH3 is 1. The number of hydrogen-bond acceptors (Lipinski definition) is 4. The maximum atomic E-state index is 12.1. The highest BCUT2D eigenvalue weighted by Gasteiger charge is 2.06. The highest BCUT2D eigenvalue weighted by Crippen LogP contribution is 2.22. The maximum Gasteiger partial charge on any atom is 0.239 e. The van der Waals surface area contributed by atoms with Crippen molar-refractivity contribution in [1.82, 2.24) is 5.32 Å². The van der Waals surface area contributed by atoms with E-state index in [2.05, 4.69) is 48.4 Å². The molecule has 0 saturated carbocycles. The van der Waals surface area contributed by atoms with E-state index in [-0.39, 0.29) is 12.5 Å². The number of aryl methyl sites for hydroxylation is 1. The first-order valence-corrected chi connectivity index (χ1v) is 9.56. The molecular weight excluding hydrogens is 338 g/mol.